The highest BCUT2D eigenvalue weighted by Crippen LogP contribution is 2.27. The number of hydrogen-bond donors (Lipinski definition) is 2. The highest BCUT2D eigenvalue weighted by molar-refractivity contribution is 6.46. The van der Waals surface area contributed by atoms with Gasteiger partial charge in [-0.25, -0.2) is 0 Å². The monoisotopic (exact) mass is 192 g/mol. The summed E-state index contributed by atoms with van der Waals surface area (Å²) in [4.78, 5) is 22.5. The molecule has 2 atom stereocenters. The highest BCUT2D eigenvalue weighted by atomic mass is 16.3. The first kappa shape index (κ1) is 9.05. The van der Waals surface area contributed by atoms with Crippen LogP contribution in [0.15, 0.2) is 24.3 Å². The maximum atomic E-state index is 11.4. The summed E-state index contributed by atoms with van der Waals surface area (Å²) in [5.74, 6) is -1.69. The topological polar surface area (TPSA) is 74.6 Å². The lowest BCUT2D eigenvalue weighted by Gasteiger charge is -2.23. The van der Waals surface area contributed by atoms with Crippen LogP contribution in [0, 0.1) is 0 Å². The van der Waals surface area contributed by atoms with E-state index in [-0.39, 0.29) is 5.56 Å². The molecule has 1 aliphatic carbocycles. The number of hydrogen-bond acceptors (Lipinski definition) is 4. The molecule has 4 heteroatoms. The van der Waals surface area contributed by atoms with Crippen LogP contribution in [0.4, 0.5) is 0 Å². The van der Waals surface area contributed by atoms with Crippen molar-refractivity contribution in [2.24, 2.45) is 0 Å². The molecule has 1 aromatic carbocycles. The lowest BCUT2D eigenvalue weighted by Crippen LogP contribution is -2.39. The Morgan fingerprint density at radius 1 is 1.00 bits per heavy atom. The normalized spacial score (nSPS) is 26.1. The Kier molecular flexibility index (Phi) is 1.94. The molecule has 0 saturated carbocycles. The molecule has 2 unspecified atom stereocenters. The Balaban J connectivity index is 2.62. The van der Waals surface area contributed by atoms with Crippen molar-refractivity contribution < 1.29 is 19.8 Å². The fraction of sp³-hybridized carbons (Fsp3) is 0.200. The first-order valence-electron chi connectivity index (χ1n) is 4.16. The fourth-order valence-electron chi connectivity index (χ4n) is 1.54. The Hall–Kier alpha value is -1.52. The van der Waals surface area contributed by atoms with E-state index in [2.05, 4.69) is 0 Å². The highest BCUT2D eigenvalue weighted by Gasteiger charge is 2.38. The van der Waals surface area contributed by atoms with E-state index < -0.39 is 23.8 Å². The van der Waals surface area contributed by atoms with E-state index in [1.807, 2.05) is 0 Å². The van der Waals surface area contributed by atoms with E-state index >= 15 is 0 Å². The van der Waals surface area contributed by atoms with Gasteiger partial charge >= 0.3 is 0 Å². The summed E-state index contributed by atoms with van der Waals surface area (Å²) in [7, 11) is 0. The fourth-order valence-corrected chi connectivity index (χ4v) is 1.54. The molecule has 0 amide bonds. The van der Waals surface area contributed by atoms with Crippen molar-refractivity contribution in [1.82, 2.24) is 0 Å². The number of fused-ring (bicyclic) bond motifs is 1. The SMILES string of the molecule is O=C1C(=O)C(O)C(O)c2ccccc21. The summed E-state index contributed by atoms with van der Waals surface area (Å²) < 4.78 is 0. The van der Waals surface area contributed by atoms with Crippen LogP contribution in [0.25, 0.3) is 0 Å². The first-order chi connectivity index (χ1) is 6.63. The Labute approximate surface area is 79.8 Å². The summed E-state index contributed by atoms with van der Waals surface area (Å²) in [6, 6.07) is 6.23. The third-order valence-electron chi connectivity index (χ3n) is 2.32. The van der Waals surface area contributed by atoms with E-state index in [0.717, 1.165) is 0 Å². The summed E-state index contributed by atoms with van der Waals surface area (Å²) in [5.41, 5.74) is 0.486. The molecule has 1 aliphatic rings. The second-order valence-electron chi connectivity index (χ2n) is 3.17. The van der Waals surface area contributed by atoms with Gasteiger partial charge in [0.2, 0.25) is 11.6 Å². The van der Waals surface area contributed by atoms with Crippen LogP contribution < -0.4 is 0 Å². The Morgan fingerprint density at radius 3 is 2.36 bits per heavy atom. The van der Waals surface area contributed by atoms with Crippen molar-refractivity contribution in [2.75, 3.05) is 0 Å². The van der Waals surface area contributed by atoms with Crippen LogP contribution in [0.1, 0.15) is 22.0 Å². The molecule has 72 valence electrons. The van der Waals surface area contributed by atoms with Gasteiger partial charge in [0.05, 0.1) is 0 Å². The van der Waals surface area contributed by atoms with E-state index in [1.54, 1.807) is 12.1 Å². The largest absolute Gasteiger partial charge is 0.385 e. The van der Waals surface area contributed by atoms with Crippen LogP contribution in [-0.4, -0.2) is 27.9 Å². The molecule has 0 fully saturated rings. The average molecular weight is 192 g/mol. The van der Waals surface area contributed by atoms with Gasteiger partial charge in [-0.2, -0.15) is 0 Å². The zero-order chi connectivity index (χ0) is 10.3. The molecular weight excluding hydrogens is 184 g/mol. The zero-order valence-electron chi connectivity index (χ0n) is 7.18. The van der Waals surface area contributed by atoms with Gasteiger partial charge in [-0.05, 0) is 5.56 Å². The van der Waals surface area contributed by atoms with E-state index in [9.17, 15) is 19.8 Å². The minimum absolute atomic E-state index is 0.176. The molecule has 2 rings (SSSR count). The molecule has 0 heterocycles. The number of carbonyl (C=O) groups excluding carboxylic acids is 2. The summed E-state index contributed by atoms with van der Waals surface area (Å²) in [5, 5.41) is 18.7. The summed E-state index contributed by atoms with van der Waals surface area (Å²) in [6.45, 7) is 0. The standard InChI is InChI=1S/C10H8O4/c11-7-5-3-1-2-4-6(5)8(12)10(14)9(7)13/h1-4,7,9,11,13H. The van der Waals surface area contributed by atoms with Crippen molar-refractivity contribution >= 4 is 11.6 Å². The zero-order valence-corrected chi connectivity index (χ0v) is 7.18. The maximum absolute atomic E-state index is 11.4. The van der Waals surface area contributed by atoms with Gasteiger partial charge in [0.1, 0.15) is 6.10 Å². The van der Waals surface area contributed by atoms with Crippen LogP contribution in [0.3, 0.4) is 0 Å². The molecule has 0 radical (unpaired) electrons. The van der Waals surface area contributed by atoms with Gasteiger partial charge < -0.3 is 10.2 Å². The van der Waals surface area contributed by atoms with Crippen molar-refractivity contribution in [3.05, 3.63) is 35.4 Å². The van der Waals surface area contributed by atoms with Crippen molar-refractivity contribution in [2.45, 2.75) is 12.2 Å². The predicted molar refractivity (Wildman–Crippen MR) is 46.7 cm³/mol. The second-order valence-corrected chi connectivity index (χ2v) is 3.17. The van der Waals surface area contributed by atoms with Crippen LogP contribution in [-0.2, 0) is 4.79 Å². The molecule has 0 bridgehead atoms. The number of rotatable bonds is 0. The Morgan fingerprint density at radius 2 is 1.64 bits per heavy atom. The predicted octanol–water partition coefficient (Wildman–Crippen LogP) is -0.154. The summed E-state index contributed by atoms with van der Waals surface area (Å²) in [6.07, 6.45) is -2.92. The number of aliphatic hydroxyl groups excluding tert-OH is 2. The van der Waals surface area contributed by atoms with Gasteiger partial charge in [-0.3, -0.25) is 9.59 Å². The van der Waals surface area contributed by atoms with Crippen molar-refractivity contribution in [3.8, 4) is 0 Å². The molecule has 4 nitrogen and oxygen atoms in total. The molecule has 14 heavy (non-hydrogen) atoms. The smallest absolute Gasteiger partial charge is 0.234 e. The van der Waals surface area contributed by atoms with Crippen LogP contribution in [0.5, 0.6) is 0 Å². The van der Waals surface area contributed by atoms with Gasteiger partial charge in [0, 0.05) is 5.56 Å². The molecule has 0 spiro atoms. The van der Waals surface area contributed by atoms with E-state index in [1.165, 1.54) is 12.1 Å². The molecule has 2 N–H and O–H groups in total. The molecule has 1 aromatic rings. The number of Topliss-reactive ketones (excluding diaryl/α,β-unsaturated/α-hetero) is 2. The summed E-state index contributed by atoms with van der Waals surface area (Å²) >= 11 is 0. The number of carbonyl (C=O) groups is 2. The number of benzene rings is 1. The molecule has 0 saturated heterocycles. The first-order valence-corrected chi connectivity index (χ1v) is 4.16. The lowest BCUT2D eigenvalue weighted by atomic mass is 9.86. The van der Waals surface area contributed by atoms with Gasteiger partial charge in [0.25, 0.3) is 0 Å². The van der Waals surface area contributed by atoms with Crippen LogP contribution >= 0.6 is 0 Å². The second kappa shape index (κ2) is 3.01. The lowest BCUT2D eigenvalue weighted by molar-refractivity contribution is -0.129. The van der Waals surface area contributed by atoms with E-state index in [0.29, 0.717) is 5.56 Å². The van der Waals surface area contributed by atoms with Crippen molar-refractivity contribution in [3.63, 3.8) is 0 Å². The molecule has 0 aliphatic heterocycles. The van der Waals surface area contributed by atoms with E-state index in [4.69, 9.17) is 0 Å². The third-order valence-corrected chi connectivity index (χ3v) is 2.32. The average Bonchev–Trinajstić information content (AvgIpc) is 2.23. The van der Waals surface area contributed by atoms with Crippen LogP contribution in [0.2, 0.25) is 0 Å². The van der Waals surface area contributed by atoms with Gasteiger partial charge in [-0.15, -0.1) is 0 Å². The molecular formula is C10H8O4. The number of ketones is 2. The maximum Gasteiger partial charge on any atom is 0.234 e. The number of aliphatic hydroxyl groups is 2. The minimum atomic E-state index is -1.63. The third kappa shape index (κ3) is 1.08. The van der Waals surface area contributed by atoms with Gasteiger partial charge in [-0.1, -0.05) is 24.3 Å². The van der Waals surface area contributed by atoms with Gasteiger partial charge in [0.15, 0.2) is 6.10 Å². The quantitative estimate of drug-likeness (QED) is 0.560. The molecule has 0 aromatic heterocycles. The Bertz CT molecular complexity index is 410. The van der Waals surface area contributed by atoms with Crippen molar-refractivity contribution in [1.29, 1.82) is 0 Å². The minimum Gasteiger partial charge on any atom is -0.385 e.